The van der Waals surface area contributed by atoms with Crippen LogP contribution in [0.25, 0.3) is 0 Å². The summed E-state index contributed by atoms with van der Waals surface area (Å²) in [6.07, 6.45) is 3.14. The summed E-state index contributed by atoms with van der Waals surface area (Å²) >= 11 is 6.18. The van der Waals surface area contributed by atoms with E-state index >= 15 is 0 Å². The van der Waals surface area contributed by atoms with E-state index in [1.165, 1.54) is 12.1 Å². The van der Waals surface area contributed by atoms with Gasteiger partial charge in [0.1, 0.15) is 11.2 Å². The highest BCUT2D eigenvalue weighted by Crippen LogP contribution is 2.37. The smallest absolute Gasteiger partial charge is 0.158 e. The number of alkyl halides is 1. The van der Waals surface area contributed by atoms with Crippen LogP contribution in [0.15, 0.2) is 24.3 Å². The second-order valence-electron chi connectivity index (χ2n) is 4.83. The first-order valence-corrected chi connectivity index (χ1v) is 6.46. The number of ketones is 1. The van der Waals surface area contributed by atoms with Crippen molar-refractivity contribution < 1.29 is 9.18 Å². The Labute approximate surface area is 106 Å². The van der Waals surface area contributed by atoms with Crippen LogP contribution in [0.5, 0.6) is 0 Å². The average molecular weight is 255 g/mol. The molecule has 0 amide bonds. The molecule has 1 aliphatic rings. The molecule has 0 spiro atoms. The molecule has 0 saturated heterocycles. The van der Waals surface area contributed by atoms with Crippen molar-refractivity contribution in [2.75, 3.05) is 0 Å². The minimum Gasteiger partial charge on any atom is -0.297 e. The molecule has 1 aromatic carbocycles. The maximum atomic E-state index is 12.8. The van der Waals surface area contributed by atoms with E-state index in [0.717, 1.165) is 19.3 Å². The Morgan fingerprint density at radius 2 is 2.00 bits per heavy atom. The summed E-state index contributed by atoms with van der Waals surface area (Å²) in [6.45, 7) is 2.10. The van der Waals surface area contributed by atoms with E-state index in [1.54, 1.807) is 12.1 Å². The first kappa shape index (κ1) is 12.6. The zero-order chi connectivity index (χ0) is 12.4. The fraction of sp³-hybridized carbons (Fsp3) is 0.500. The standard InChI is InChI=1S/C14H16ClFO/c1-9-3-2-4-12(9)14(17)13(15)10-5-7-11(16)8-6-10/h5-9,12-13H,2-4H2,1H3. The molecule has 3 unspecified atom stereocenters. The van der Waals surface area contributed by atoms with Crippen molar-refractivity contribution in [2.24, 2.45) is 11.8 Å². The fourth-order valence-corrected chi connectivity index (χ4v) is 2.86. The topological polar surface area (TPSA) is 17.1 Å². The lowest BCUT2D eigenvalue weighted by atomic mass is 9.90. The van der Waals surface area contributed by atoms with Crippen LogP contribution in [0, 0.1) is 17.7 Å². The van der Waals surface area contributed by atoms with E-state index in [1.807, 2.05) is 0 Å². The Morgan fingerprint density at radius 3 is 2.53 bits per heavy atom. The third-order valence-electron chi connectivity index (χ3n) is 3.64. The molecule has 1 saturated carbocycles. The van der Waals surface area contributed by atoms with Crippen LogP contribution in [0.3, 0.4) is 0 Å². The van der Waals surface area contributed by atoms with E-state index in [4.69, 9.17) is 11.6 Å². The molecule has 0 aliphatic heterocycles. The van der Waals surface area contributed by atoms with Crippen molar-refractivity contribution in [3.8, 4) is 0 Å². The zero-order valence-electron chi connectivity index (χ0n) is 9.83. The van der Waals surface area contributed by atoms with Gasteiger partial charge in [-0.2, -0.15) is 0 Å². The lowest BCUT2D eigenvalue weighted by Crippen LogP contribution is -2.21. The van der Waals surface area contributed by atoms with E-state index < -0.39 is 5.38 Å². The molecule has 1 aromatic rings. The van der Waals surface area contributed by atoms with E-state index in [2.05, 4.69) is 6.92 Å². The fourth-order valence-electron chi connectivity index (χ4n) is 2.55. The van der Waals surface area contributed by atoms with Gasteiger partial charge in [-0.25, -0.2) is 4.39 Å². The van der Waals surface area contributed by atoms with Gasteiger partial charge in [0.25, 0.3) is 0 Å². The van der Waals surface area contributed by atoms with Crippen LogP contribution in [0.2, 0.25) is 0 Å². The van der Waals surface area contributed by atoms with Crippen molar-refractivity contribution in [3.05, 3.63) is 35.6 Å². The van der Waals surface area contributed by atoms with Gasteiger partial charge in [0.15, 0.2) is 5.78 Å². The van der Waals surface area contributed by atoms with Gasteiger partial charge in [-0.1, -0.05) is 25.5 Å². The molecule has 92 valence electrons. The number of Topliss-reactive ketones (excluding diaryl/α,β-unsaturated/α-hetero) is 1. The Morgan fingerprint density at radius 1 is 1.35 bits per heavy atom. The third kappa shape index (κ3) is 2.68. The highest BCUT2D eigenvalue weighted by atomic mass is 35.5. The number of carbonyl (C=O) groups excluding carboxylic acids is 1. The summed E-state index contributed by atoms with van der Waals surface area (Å²) in [4.78, 5) is 12.2. The lowest BCUT2D eigenvalue weighted by Gasteiger charge is -2.17. The quantitative estimate of drug-likeness (QED) is 0.742. The molecule has 0 bridgehead atoms. The van der Waals surface area contributed by atoms with Crippen LogP contribution in [0.1, 0.15) is 37.1 Å². The molecule has 3 atom stereocenters. The number of rotatable bonds is 3. The van der Waals surface area contributed by atoms with Gasteiger partial charge in [0, 0.05) is 5.92 Å². The van der Waals surface area contributed by atoms with Crippen molar-refractivity contribution >= 4 is 17.4 Å². The zero-order valence-corrected chi connectivity index (χ0v) is 10.6. The van der Waals surface area contributed by atoms with Crippen molar-refractivity contribution in [1.82, 2.24) is 0 Å². The molecule has 0 N–H and O–H groups in total. The highest BCUT2D eigenvalue weighted by Gasteiger charge is 2.33. The third-order valence-corrected chi connectivity index (χ3v) is 4.11. The summed E-state index contributed by atoms with van der Waals surface area (Å²) in [7, 11) is 0. The predicted molar refractivity (Wildman–Crippen MR) is 66.5 cm³/mol. The SMILES string of the molecule is CC1CCCC1C(=O)C(Cl)c1ccc(F)cc1. The number of hydrogen-bond acceptors (Lipinski definition) is 1. The molecule has 1 aliphatic carbocycles. The van der Waals surface area contributed by atoms with E-state index in [9.17, 15) is 9.18 Å². The largest absolute Gasteiger partial charge is 0.297 e. The normalized spacial score (nSPS) is 25.8. The van der Waals surface area contributed by atoms with E-state index in [0.29, 0.717) is 11.5 Å². The minimum atomic E-state index is -0.638. The molecule has 0 radical (unpaired) electrons. The van der Waals surface area contributed by atoms with Gasteiger partial charge >= 0.3 is 0 Å². The molecule has 3 heteroatoms. The predicted octanol–water partition coefficient (Wildman–Crippen LogP) is 4.11. The van der Waals surface area contributed by atoms with Crippen LogP contribution in [-0.4, -0.2) is 5.78 Å². The second-order valence-corrected chi connectivity index (χ2v) is 5.27. The Balaban J connectivity index is 2.11. The monoisotopic (exact) mass is 254 g/mol. The second kappa shape index (κ2) is 5.18. The Bertz CT molecular complexity index is 401. The first-order valence-electron chi connectivity index (χ1n) is 6.03. The van der Waals surface area contributed by atoms with Gasteiger partial charge < -0.3 is 0 Å². The molecule has 0 aromatic heterocycles. The van der Waals surface area contributed by atoms with Crippen LogP contribution in [0.4, 0.5) is 4.39 Å². The average Bonchev–Trinajstić information content (AvgIpc) is 2.74. The number of carbonyl (C=O) groups is 1. The van der Waals surface area contributed by atoms with Crippen LogP contribution >= 0.6 is 11.6 Å². The maximum Gasteiger partial charge on any atom is 0.158 e. The summed E-state index contributed by atoms with van der Waals surface area (Å²) in [6, 6.07) is 5.86. The summed E-state index contributed by atoms with van der Waals surface area (Å²) < 4.78 is 12.8. The number of benzene rings is 1. The number of halogens is 2. The number of hydrogen-bond donors (Lipinski definition) is 0. The lowest BCUT2D eigenvalue weighted by molar-refractivity contribution is -0.123. The molecule has 1 fully saturated rings. The maximum absolute atomic E-state index is 12.8. The highest BCUT2D eigenvalue weighted by molar-refractivity contribution is 6.31. The van der Waals surface area contributed by atoms with Gasteiger partial charge in [-0.05, 0) is 36.5 Å². The molecule has 1 nitrogen and oxygen atoms in total. The van der Waals surface area contributed by atoms with Crippen LogP contribution < -0.4 is 0 Å². The first-order chi connectivity index (χ1) is 8.09. The van der Waals surface area contributed by atoms with Crippen molar-refractivity contribution in [3.63, 3.8) is 0 Å². The molecule has 0 heterocycles. The van der Waals surface area contributed by atoms with Crippen LogP contribution in [-0.2, 0) is 4.79 Å². The van der Waals surface area contributed by atoms with Gasteiger partial charge in [-0.3, -0.25) is 4.79 Å². The summed E-state index contributed by atoms with van der Waals surface area (Å²) in [5.41, 5.74) is 0.692. The summed E-state index contributed by atoms with van der Waals surface area (Å²) in [5, 5.41) is -0.638. The molecule has 2 rings (SSSR count). The van der Waals surface area contributed by atoms with Crippen molar-refractivity contribution in [1.29, 1.82) is 0 Å². The van der Waals surface area contributed by atoms with E-state index in [-0.39, 0.29) is 17.5 Å². The molecular formula is C14H16ClFO. The van der Waals surface area contributed by atoms with Gasteiger partial charge in [-0.15, -0.1) is 11.6 Å². The molecular weight excluding hydrogens is 239 g/mol. The summed E-state index contributed by atoms with van der Waals surface area (Å²) in [5.74, 6) is 0.273. The van der Waals surface area contributed by atoms with Crippen molar-refractivity contribution in [2.45, 2.75) is 31.6 Å². The Hall–Kier alpha value is -0.890. The molecule has 17 heavy (non-hydrogen) atoms. The Kier molecular flexibility index (Phi) is 3.82. The van der Waals surface area contributed by atoms with Gasteiger partial charge in [0.2, 0.25) is 0 Å². The van der Waals surface area contributed by atoms with Gasteiger partial charge in [0.05, 0.1) is 0 Å². The minimum absolute atomic E-state index is 0.0718.